The third kappa shape index (κ3) is 9.15. The molecule has 4 aliphatic rings. The zero-order valence-corrected chi connectivity index (χ0v) is 30.7. The van der Waals surface area contributed by atoms with Crippen LogP contribution in [0, 0.1) is 11.7 Å². The molecule has 16 nitrogen and oxygen atoms in total. The summed E-state index contributed by atoms with van der Waals surface area (Å²) in [6, 6.07) is 1.48. The van der Waals surface area contributed by atoms with E-state index in [-0.39, 0.29) is 32.5 Å². The summed E-state index contributed by atoms with van der Waals surface area (Å²) in [5.41, 5.74) is -1.73. The predicted molar refractivity (Wildman–Crippen MR) is 184 cm³/mol. The third-order valence-electron chi connectivity index (χ3n) is 9.23. The number of nitrogens with one attached hydrogen (secondary N) is 3. The van der Waals surface area contributed by atoms with E-state index in [1.807, 2.05) is 0 Å². The number of ether oxygens (including phenoxy) is 3. The molecular formula is C35H44FN5O11S. The highest BCUT2D eigenvalue weighted by Gasteiger charge is 2.62. The van der Waals surface area contributed by atoms with Crippen molar-refractivity contribution < 1.29 is 55.8 Å². The van der Waals surface area contributed by atoms with Gasteiger partial charge in [0.15, 0.2) is 0 Å². The molecule has 5 atom stereocenters. The highest BCUT2D eigenvalue weighted by molar-refractivity contribution is 7.91. The minimum atomic E-state index is -3.98. The van der Waals surface area contributed by atoms with E-state index in [0.717, 1.165) is 11.0 Å². The van der Waals surface area contributed by atoms with Gasteiger partial charge in [-0.05, 0) is 58.6 Å². The summed E-state index contributed by atoms with van der Waals surface area (Å²) in [5, 5.41) is 4.29. The largest absolute Gasteiger partial charge is 0.460 e. The van der Waals surface area contributed by atoms with Crippen molar-refractivity contribution in [2.24, 2.45) is 5.92 Å². The number of fused-ring (bicyclic) bond motifs is 1. The molecule has 3 fully saturated rings. The molecule has 1 saturated heterocycles. The van der Waals surface area contributed by atoms with E-state index in [2.05, 4.69) is 21.9 Å². The summed E-state index contributed by atoms with van der Waals surface area (Å²) >= 11 is 0. The van der Waals surface area contributed by atoms with Gasteiger partial charge in [-0.25, -0.2) is 27.2 Å². The van der Waals surface area contributed by atoms with E-state index in [1.165, 1.54) is 29.2 Å². The summed E-state index contributed by atoms with van der Waals surface area (Å²) in [6.07, 6.45) is 1.50. The molecule has 1 aromatic carbocycles. The first kappa shape index (κ1) is 39.2. The lowest BCUT2D eigenvalue weighted by Gasteiger charge is -2.30. The zero-order chi connectivity index (χ0) is 38.9. The van der Waals surface area contributed by atoms with Crippen molar-refractivity contribution >= 4 is 45.9 Å². The zero-order valence-electron chi connectivity index (χ0n) is 29.9. The van der Waals surface area contributed by atoms with Crippen LogP contribution in [0.2, 0.25) is 0 Å². The molecule has 0 aromatic heterocycles. The number of carbonyl (C=O) groups excluding carboxylic acids is 6. The number of likely N-dealkylation sites (tertiary alicyclic amines) is 1. The van der Waals surface area contributed by atoms with Crippen LogP contribution in [-0.2, 0) is 56.5 Å². The molecule has 0 spiro atoms. The lowest BCUT2D eigenvalue weighted by atomic mass is 10.1. The maximum atomic E-state index is 14.4. The van der Waals surface area contributed by atoms with Crippen molar-refractivity contribution in [2.45, 2.75) is 101 Å². The quantitative estimate of drug-likeness (QED) is 0.121. The van der Waals surface area contributed by atoms with Gasteiger partial charge in [-0.2, -0.15) is 0 Å². The van der Waals surface area contributed by atoms with E-state index >= 15 is 0 Å². The highest BCUT2D eigenvalue weighted by Crippen LogP contribution is 2.45. The molecule has 2 aliphatic carbocycles. The van der Waals surface area contributed by atoms with Crippen molar-refractivity contribution in [1.29, 1.82) is 0 Å². The van der Waals surface area contributed by atoms with Crippen LogP contribution in [0.25, 0.3) is 0 Å². The molecule has 5 amide bonds. The number of carbonyl (C=O) groups is 6. The number of sulfonamides is 1. The van der Waals surface area contributed by atoms with E-state index in [4.69, 9.17) is 14.2 Å². The van der Waals surface area contributed by atoms with Crippen molar-refractivity contribution in [2.75, 3.05) is 13.2 Å². The summed E-state index contributed by atoms with van der Waals surface area (Å²) < 4.78 is 57.9. The Morgan fingerprint density at radius 3 is 2.45 bits per heavy atom. The number of allylic oxidation sites excluding steroid dienone is 1. The van der Waals surface area contributed by atoms with Crippen LogP contribution in [0.5, 0.6) is 0 Å². The van der Waals surface area contributed by atoms with Crippen LogP contribution in [-0.4, -0.2) is 102 Å². The van der Waals surface area contributed by atoms with E-state index in [1.54, 1.807) is 33.8 Å². The Morgan fingerprint density at radius 2 is 1.85 bits per heavy atom. The van der Waals surface area contributed by atoms with Crippen LogP contribution in [0.4, 0.5) is 14.0 Å². The maximum absolute atomic E-state index is 14.4. The standard InChI is InChI=1S/C35H44FN5O11S/c1-6-9-28(42)50-19-26(37-32(46)52-34(3,4)5)30(44)41-17-22(51-33(47)40-16-20-10-8-11-25(36)24(20)18-40)14-27(41)29(43)38-35(15-21(35)7-2)31(45)39-53(48,49)23-12-13-23/h6-11,21-23,26-27H,2,12-19H2,1,3-5H3,(H,37,46)(H,38,43)(H,39,45)/b9-6+/t21-,22-,26+,27+,35-/m1/s1. The molecule has 2 aliphatic heterocycles. The summed E-state index contributed by atoms with van der Waals surface area (Å²) in [4.78, 5) is 82.3. The number of esters is 1. The first-order valence-corrected chi connectivity index (χ1v) is 18.7. The average molecular weight is 762 g/mol. The SMILES string of the molecule is C=C[C@@H]1C[C@]1(NC(=O)[C@@H]1C[C@@H](OC(=O)N2Cc3cccc(F)c3C2)CN1C(=O)[C@H](COC(=O)/C=C/C)NC(=O)OC(C)(C)C)C(=O)NS(=O)(=O)C1CC1. The summed E-state index contributed by atoms with van der Waals surface area (Å²) in [5.74, 6) is -4.68. The van der Waals surface area contributed by atoms with Gasteiger partial charge in [0.25, 0.3) is 5.91 Å². The van der Waals surface area contributed by atoms with Gasteiger partial charge in [0.1, 0.15) is 41.8 Å². The molecule has 0 bridgehead atoms. The number of benzene rings is 1. The van der Waals surface area contributed by atoms with Gasteiger partial charge in [0.05, 0.1) is 18.3 Å². The minimum Gasteiger partial charge on any atom is -0.460 e. The Morgan fingerprint density at radius 1 is 1.13 bits per heavy atom. The summed E-state index contributed by atoms with van der Waals surface area (Å²) in [7, 11) is -3.98. The molecule has 3 N–H and O–H groups in total. The van der Waals surface area contributed by atoms with Crippen LogP contribution in [0.1, 0.15) is 64.5 Å². The average Bonchev–Trinajstić information content (AvgIpc) is 3.96. The number of halogens is 1. The molecule has 18 heteroatoms. The van der Waals surface area contributed by atoms with E-state index in [9.17, 15) is 41.6 Å². The molecular weight excluding hydrogens is 717 g/mol. The molecule has 0 unspecified atom stereocenters. The Labute approximate surface area is 306 Å². The van der Waals surface area contributed by atoms with Gasteiger partial charge >= 0.3 is 18.2 Å². The molecule has 1 aromatic rings. The lowest BCUT2D eigenvalue weighted by Crippen LogP contribution is -2.59. The van der Waals surface area contributed by atoms with Crippen LogP contribution >= 0.6 is 0 Å². The van der Waals surface area contributed by atoms with E-state index < -0.39 is 98.8 Å². The fraction of sp³-hybridized carbons (Fsp3) is 0.543. The number of hydrogen-bond donors (Lipinski definition) is 3. The van der Waals surface area contributed by atoms with Crippen molar-refractivity contribution in [3.8, 4) is 0 Å². The van der Waals surface area contributed by atoms with Gasteiger partial charge in [0.2, 0.25) is 21.8 Å². The predicted octanol–water partition coefficient (Wildman–Crippen LogP) is 1.93. The van der Waals surface area contributed by atoms with Crippen molar-refractivity contribution in [1.82, 2.24) is 25.2 Å². The van der Waals surface area contributed by atoms with Gasteiger partial charge < -0.3 is 29.7 Å². The second kappa shape index (κ2) is 15.2. The van der Waals surface area contributed by atoms with Crippen LogP contribution < -0.4 is 15.4 Å². The molecule has 288 valence electrons. The molecule has 2 saturated carbocycles. The number of amides is 5. The topological polar surface area (TPSA) is 207 Å². The number of alkyl carbamates (subject to hydrolysis) is 1. The Kier molecular flexibility index (Phi) is 11.2. The molecule has 53 heavy (non-hydrogen) atoms. The normalized spacial score (nSPS) is 24.1. The lowest BCUT2D eigenvalue weighted by molar-refractivity contribution is -0.145. The highest BCUT2D eigenvalue weighted by atomic mass is 32.2. The minimum absolute atomic E-state index is 0.0309. The third-order valence-corrected chi connectivity index (χ3v) is 11.1. The summed E-state index contributed by atoms with van der Waals surface area (Å²) in [6.45, 7) is 9.01. The Hall–Kier alpha value is -5.00. The monoisotopic (exact) mass is 761 g/mol. The fourth-order valence-electron chi connectivity index (χ4n) is 6.30. The van der Waals surface area contributed by atoms with Crippen LogP contribution in [0.3, 0.4) is 0 Å². The Bertz CT molecular complexity index is 1830. The second-order valence-electron chi connectivity index (χ2n) is 14.5. The van der Waals surface area contributed by atoms with Gasteiger partial charge in [-0.15, -0.1) is 6.58 Å². The maximum Gasteiger partial charge on any atom is 0.410 e. The number of hydrogen-bond acceptors (Lipinski definition) is 11. The Balaban J connectivity index is 1.39. The van der Waals surface area contributed by atoms with Gasteiger partial charge in [-0.1, -0.05) is 24.3 Å². The second-order valence-corrected chi connectivity index (χ2v) is 16.5. The van der Waals surface area contributed by atoms with Crippen molar-refractivity contribution in [3.63, 3.8) is 0 Å². The van der Waals surface area contributed by atoms with Gasteiger partial charge in [0, 0.05) is 30.5 Å². The number of nitrogens with zero attached hydrogens (tertiary/aromatic N) is 2. The first-order valence-electron chi connectivity index (χ1n) is 17.2. The molecule has 0 radical (unpaired) electrons. The van der Waals surface area contributed by atoms with Crippen molar-refractivity contribution in [3.05, 3.63) is 60.0 Å². The number of rotatable bonds is 12. The molecule has 5 rings (SSSR count). The molecule has 2 heterocycles. The van der Waals surface area contributed by atoms with Crippen LogP contribution in [0.15, 0.2) is 43.0 Å². The smallest absolute Gasteiger partial charge is 0.410 e. The van der Waals surface area contributed by atoms with E-state index in [0.29, 0.717) is 24.0 Å². The van der Waals surface area contributed by atoms with Gasteiger partial charge in [-0.3, -0.25) is 24.0 Å². The fourth-order valence-corrected chi connectivity index (χ4v) is 7.66. The first-order chi connectivity index (χ1) is 24.9.